The van der Waals surface area contributed by atoms with Crippen LogP contribution >= 0.6 is 34.5 Å². The molecule has 6 heteroatoms. The van der Waals surface area contributed by atoms with Crippen molar-refractivity contribution in [2.45, 2.75) is 13.5 Å². The number of hydrogen-bond donors (Lipinski definition) is 1. The Morgan fingerprint density at radius 1 is 1.00 bits per heavy atom. The first-order valence-electron chi connectivity index (χ1n) is 8.77. The summed E-state index contributed by atoms with van der Waals surface area (Å²) in [6.45, 7) is 2.71. The Morgan fingerprint density at radius 3 is 2.39 bits per heavy atom. The van der Waals surface area contributed by atoms with Crippen LogP contribution < -0.4 is 10.1 Å². The van der Waals surface area contributed by atoms with Crippen molar-refractivity contribution in [2.24, 2.45) is 0 Å². The summed E-state index contributed by atoms with van der Waals surface area (Å²) in [6.07, 6.45) is 0. The molecule has 0 aliphatic heterocycles. The molecule has 0 unspecified atom stereocenters. The largest absolute Gasteiger partial charge is 0.494 e. The van der Waals surface area contributed by atoms with E-state index >= 15 is 0 Å². The highest BCUT2D eigenvalue weighted by atomic mass is 35.5. The third kappa shape index (κ3) is 3.95. The van der Waals surface area contributed by atoms with E-state index in [-0.39, 0.29) is 0 Å². The van der Waals surface area contributed by atoms with Crippen LogP contribution in [0, 0.1) is 6.92 Å². The molecule has 3 aromatic carbocycles. The first-order chi connectivity index (χ1) is 13.5. The van der Waals surface area contributed by atoms with Gasteiger partial charge in [-0.2, -0.15) is 0 Å². The van der Waals surface area contributed by atoms with E-state index in [2.05, 4.69) is 54.7 Å². The number of rotatable bonds is 5. The number of thiazole rings is 1. The fraction of sp³-hybridized carbons (Fsp3) is 0.136. The molecule has 0 aliphatic rings. The minimum atomic E-state index is 0.502. The van der Waals surface area contributed by atoms with E-state index in [9.17, 15) is 0 Å². The molecule has 3 nitrogen and oxygen atoms in total. The lowest BCUT2D eigenvalue weighted by molar-refractivity contribution is 0.415. The number of ether oxygens (including phenoxy) is 1. The van der Waals surface area contributed by atoms with E-state index in [1.165, 1.54) is 10.3 Å². The van der Waals surface area contributed by atoms with Crippen molar-refractivity contribution in [3.8, 4) is 16.3 Å². The van der Waals surface area contributed by atoms with Gasteiger partial charge in [0.25, 0.3) is 0 Å². The fourth-order valence-electron chi connectivity index (χ4n) is 3.00. The number of nitrogens with zero attached hydrogens (tertiary/aromatic N) is 1. The minimum Gasteiger partial charge on any atom is -0.494 e. The molecule has 0 fully saturated rings. The average Bonchev–Trinajstić information content (AvgIpc) is 3.10. The van der Waals surface area contributed by atoms with Crippen molar-refractivity contribution in [3.05, 3.63) is 75.8 Å². The molecule has 0 saturated carbocycles. The van der Waals surface area contributed by atoms with E-state index in [1.54, 1.807) is 18.4 Å². The lowest BCUT2D eigenvalue weighted by Crippen LogP contribution is -2.00. The molecule has 0 spiro atoms. The third-order valence-corrected chi connectivity index (χ3v) is 6.06. The molecule has 1 heterocycles. The van der Waals surface area contributed by atoms with Crippen molar-refractivity contribution in [1.82, 2.24) is 4.98 Å². The monoisotopic (exact) mass is 428 g/mol. The fourth-order valence-corrected chi connectivity index (χ4v) is 4.76. The number of anilines is 1. The molecule has 1 aromatic heterocycles. The van der Waals surface area contributed by atoms with Gasteiger partial charge >= 0.3 is 0 Å². The molecule has 0 radical (unpaired) electrons. The van der Waals surface area contributed by atoms with E-state index in [0.717, 1.165) is 27.3 Å². The van der Waals surface area contributed by atoms with Crippen LogP contribution in [0.1, 0.15) is 11.1 Å². The number of hydrogen-bond acceptors (Lipinski definition) is 4. The highest BCUT2D eigenvalue weighted by Crippen LogP contribution is 2.34. The quantitative estimate of drug-likeness (QED) is 0.364. The van der Waals surface area contributed by atoms with Gasteiger partial charge in [0.2, 0.25) is 0 Å². The number of aryl methyl sites for hydroxylation is 1. The van der Waals surface area contributed by atoms with E-state index in [4.69, 9.17) is 32.9 Å². The van der Waals surface area contributed by atoms with Crippen LogP contribution in [0.15, 0.2) is 54.6 Å². The standard InChI is InChI=1S/C22H18Cl2N2OS/c1-13-3-8-19-20(9-13)28-22(26-19)15-4-6-16(7-5-15)25-12-14-10-17(23)21(27-2)18(24)11-14/h3-11,25H,12H2,1-2H3. The van der Waals surface area contributed by atoms with Gasteiger partial charge in [-0.05, 0) is 66.6 Å². The summed E-state index contributed by atoms with van der Waals surface area (Å²) in [6, 6.07) is 18.3. The minimum absolute atomic E-state index is 0.502. The zero-order valence-electron chi connectivity index (χ0n) is 15.4. The maximum Gasteiger partial charge on any atom is 0.156 e. The smallest absolute Gasteiger partial charge is 0.156 e. The Morgan fingerprint density at radius 2 is 1.71 bits per heavy atom. The number of benzene rings is 3. The van der Waals surface area contributed by atoms with Crippen LogP contribution in [0.4, 0.5) is 5.69 Å². The molecule has 0 bridgehead atoms. The number of aromatic nitrogens is 1. The van der Waals surface area contributed by atoms with E-state index in [0.29, 0.717) is 22.3 Å². The molecule has 4 rings (SSSR count). The molecular weight excluding hydrogens is 411 g/mol. The molecule has 0 atom stereocenters. The van der Waals surface area contributed by atoms with Gasteiger partial charge in [0.05, 0.1) is 27.4 Å². The predicted molar refractivity (Wildman–Crippen MR) is 120 cm³/mol. The number of methoxy groups -OCH3 is 1. The zero-order chi connectivity index (χ0) is 19.7. The highest BCUT2D eigenvalue weighted by molar-refractivity contribution is 7.21. The lowest BCUT2D eigenvalue weighted by atomic mass is 10.2. The van der Waals surface area contributed by atoms with Gasteiger partial charge in [0, 0.05) is 17.8 Å². The van der Waals surface area contributed by atoms with Gasteiger partial charge in [-0.15, -0.1) is 11.3 Å². The number of nitrogens with one attached hydrogen (secondary N) is 1. The summed E-state index contributed by atoms with van der Waals surface area (Å²) in [4.78, 5) is 4.74. The summed E-state index contributed by atoms with van der Waals surface area (Å²) in [5, 5.41) is 5.43. The number of halogens is 2. The van der Waals surface area contributed by atoms with Crippen LogP contribution in [0.3, 0.4) is 0 Å². The first kappa shape index (κ1) is 19.1. The molecule has 0 aliphatic carbocycles. The maximum atomic E-state index is 6.21. The molecule has 1 N–H and O–H groups in total. The Labute approximate surface area is 177 Å². The van der Waals surface area contributed by atoms with Crippen molar-refractivity contribution < 1.29 is 4.74 Å². The molecule has 28 heavy (non-hydrogen) atoms. The van der Waals surface area contributed by atoms with Crippen LogP contribution in [-0.2, 0) is 6.54 Å². The second kappa shape index (κ2) is 8.00. The SMILES string of the molecule is COc1c(Cl)cc(CNc2ccc(-c3nc4ccc(C)cc4s3)cc2)cc1Cl. The topological polar surface area (TPSA) is 34.1 Å². The average molecular weight is 429 g/mol. The lowest BCUT2D eigenvalue weighted by Gasteiger charge is -2.11. The molecule has 142 valence electrons. The van der Waals surface area contributed by atoms with Crippen molar-refractivity contribution >= 4 is 50.4 Å². The van der Waals surface area contributed by atoms with Crippen molar-refractivity contribution in [1.29, 1.82) is 0 Å². The highest BCUT2D eigenvalue weighted by Gasteiger charge is 2.09. The molecule has 0 saturated heterocycles. The van der Waals surface area contributed by atoms with Gasteiger partial charge in [0.1, 0.15) is 5.01 Å². The van der Waals surface area contributed by atoms with Gasteiger partial charge in [-0.3, -0.25) is 0 Å². The van der Waals surface area contributed by atoms with E-state index < -0.39 is 0 Å². The summed E-state index contributed by atoms with van der Waals surface area (Å²) < 4.78 is 6.40. The van der Waals surface area contributed by atoms with Crippen molar-refractivity contribution in [2.75, 3.05) is 12.4 Å². The molecular formula is C22H18Cl2N2OS. The van der Waals surface area contributed by atoms with Gasteiger partial charge < -0.3 is 10.1 Å². The Balaban J connectivity index is 1.49. The normalized spacial score (nSPS) is 11.0. The Hall–Kier alpha value is -2.27. The summed E-state index contributed by atoms with van der Waals surface area (Å²) in [5.41, 5.74) is 5.41. The van der Waals surface area contributed by atoms with Crippen LogP contribution in [0.25, 0.3) is 20.8 Å². The van der Waals surface area contributed by atoms with E-state index in [1.807, 2.05) is 12.1 Å². The summed E-state index contributed by atoms with van der Waals surface area (Å²) in [5.74, 6) is 0.502. The summed E-state index contributed by atoms with van der Waals surface area (Å²) in [7, 11) is 1.55. The van der Waals surface area contributed by atoms with Crippen LogP contribution in [-0.4, -0.2) is 12.1 Å². The zero-order valence-corrected chi connectivity index (χ0v) is 17.8. The second-order valence-corrected chi connectivity index (χ2v) is 8.36. The third-order valence-electron chi connectivity index (χ3n) is 4.43. The molecule has 4 aromatic rings. The molecule has 0 amide bonds. The van der Waals surface area contributed by atoms with Crippen LogP contribution in [0.2, 0.25) is 10.0 Å². The number of fused-ring (bicyclic) bond motifs is 1. The van der Waals surface area contributed by atoms with Gasteiger partial charge in [-0.25, -0.2) is 4.98 Å². The van der Waals surface area contributed by atoms with Crippen molar-refractivity contribution in [3.63, 3.8) is 0 Å². The van der Waals surface area contributed by atoms with Gasteiger partial charge in [0.15, 0.2) is 5.75 Å². The Kier molecular flexibility index (Phi) is 5.44. The Bertz CT molecular complexity index is 1120. The first-order valence-corrected chi connectivity index (χ1v) is 10.3. The van der Waals surface area contributed by atoms with Gasteiger partial charge in [-0.1, -0.05) is 29.3 Å². The van der Waals surface area contributed by atoms with Crippen LogP contribution in [0.5, 0.6) is 5.75 Å². The second-order valence-electron chi connectivity index (χ2n) is 6.51. The maximum absolute atomic E-state index is 6.21. The summed E-state index contributed by atoms with van der Waals surface area (Å²) >= 11 is 14.1. The predicted octanol–water partition coefficient (Wildman–Crippen LogP) is 7.20.